The summed E-state index contributed by atoms with van der Waals surface area (Å²) in [5.74, 6) is 1.10. The number of esters is 1. The van der Waals surface area contributed by atoms with Crippen LogP contribution in [0.5, 0.6) is 17.2 Å². The number of rotatable bonds is 9. The largest absolute Gasteiger partial charge is 0.514 e. The number of ether oxygens (including phenoxy) is 5. The Hall–Kier alpha value is -2.95. The number of methoxy groups -OCH3 is 2. The molecule has 0 amide bonds. The lowest BCUT2D eigenvalue weighted by atomic mass is 9.43. The van der Waals surface area contributed by atoms with Crippen molar-refractivity contribution in [3.8, 4) is 17.2 Å². The molecular weight excluding hydrogens is 587 g/mol. The zero-order valence-electron chi connectivity index (χ0n) is 26.7. The molecule has 4 aliphatic rings. The van der Waals surface area contributed by atoms with Gasteiger partial charge in [-0.3, -0.25) is 0 Å². The third kappa shape index (κ3) is 6.26. The molecule has 1 aliphatic heterocycles. The van der Waals surface area contributed by atoms with Crippen LogP contribution in [0.3, 0.4) is 0 Å². The van der Waals surface area contributed by atoms with Gasteiger partial charge in [-0.25, -0.2) is 9.59 Å². The monoisotopic (exact) mass is 628 g/mol. The van der Waals surface area contributed by atoms with E-state index in [1.165, 1.54) is 13.2 Å². The van der Waals surface area contributed by atoms with Crippen molar-refractivity contribution in [1.82, 2.24) is 0 Å². The first kappa shape index (κ1) is 32.4. The Morgan fingerprint density at radius 3 is 2.39 bits per heavy atom. The van der Waals surface area contributed by atoms with E-state index in [9.17, 15) is 9.59 Å². The molecule has 44 heavy (non-hydrogen) atoms. The topological polar surface area (TPSA) is 98.8 Å². The lowest BCUT2D eigenvalue weighted by molar-refractivity contribution is -0.199. The zero-order valence-corrected chi connectivity index (χ0v) is 27.5. The number of carbonyl (C=O) groups excluding carboxylic acids is 2. The maximum absolute atomic E-state index is 13.2. The summed E-state index contributed by atoms with van der Waals surface area (Å²) in [6, 6.07) is 10.6. The van der Waals surface area contributed by atoms with Crippen LogP contribution in [0.1, 0.15) is 75.9 Å². The highest BCUT2D eigenvalue weighted by Gasteiger charge is 2.68. The number of hydrogen-bond donors (Lipinski definition) is 0. The predicted molar refractivity (Wildman–Crippen MR) is 165 cm³/mol. The van der Waals surface area contributed by atoms with Gasteiger partial charge in [-0.2, -0.15) is 0 Å². The fraction of sp³-hybridized carbons (Fsp3) is 0.576. The molecule has 0 aromatic heterocycles. The average Bonchev–Trinajstić information content (AvgIpc) is 3.33. The third-order valence-electron chi connectivity index (χ3n) is 9.39. The van der Waals surface area contributed by atoms with Crippen LogP contribution in [0.15, 0.2) is 36.4 Å². The van der Waals surface area contributed by atoms with Gasteiger partial charge in [-0.1, -0.05) is 32.0 Å². The second kappa shape index (κ2) is 12.1. The summed E-state index contributed by atoms with van der Waals surface area (Å²) in [5.41, 5.74) is 0.373. The van der Waals surface area contributed by atoms with E-state index in [1.807, 2.05) is 24.3 Å². The molecule has 1 heterocycles. The van der Waals surface area contributed by atoms with Crippen LogP contribution in [0.2, 0.25) is 0 Å². The zero-order chi connectivity index (χ0) is 32.0. The molecule has 11 heteroatoms. The van der Waals surface area contributed by atoms with Crippen molar-refractivity contribution >= 4 is 30.8 Å². The van der Waals surface area contributed by atoms with Gasteiger partial charge in [0.1, 0.15) is 29.3 Å². The van der Waals surface area contributed by atoms with Gasteiger partial charge >= 0.3 is 19.2 Å². The maximum atomic E-state index is 13.2. The summed E-state index contributed by atoms with van der Waals surface area (Å²) < 4.78 is 40.5. The van der Waals surface area contributed by atoms with E-state index in [1.54, 1.807) is 33.9 Å². The molecule has 0 radical (unpaired) electrons. The maximum Gasteiger partial charge on any atom is 0.514 e. The first-order valence-electron chi connectivity index (χ1n) is 15.0. The van der Waals surface area contributed by atoms with Crippen LogP contribution in [-0.4, -0.2) is 56.0 Å². The second-order valence-electron chi connectivity index (χ2n) is 13.7. The van der Waals surface area contributed by atoms with Crippen molar-refractivity contribution in [2.45, 2.75) is 90.0 Å². The molecule has 2 bridgehead atoms. The van der Waals surface area contributed by atoms with E-state index in [4.69, 9.17) is 44.6 Å². The standard InChI is InChI=1S/C33H42BClO9/c1-31(2,3)42-30(37)41-23-14-11-20(28(27(23)29(36)39-8)40-18-19-9-12-22(38-7)13-10-19)15-26(35)34-43-25-17-21-16-24(32(21,4)5)33(25,6)44-34/h9-14,21,24-26H,15-18H2,1-8H3/t21-,24-,25?,26+,33-/m0/s1. The summed E-state index contributed by atoms with van der Waals surface area (Å²) in [7, 11) is 2.20. The molecule has 0 spiro atoms. The summed E-state index contributed by atoms with van der Waals surface area (Å²) in [4.78, 5) is 25.8. The Morgan fingerprint density at radius 1 is 1.07 bits per heavy atom. The van der Waals surface area contributed by atoms with Gasteiger partial charge in [0.2, 0.25) is 0 Å². The van der Waals surface area contributed by atoms with Gasteiger partial charge in [0.25, 0.3) is 0 Å². The fourth-order valence-corrected chi connectivity index (χ4v) is 7.19. The molecule has 3 aliphatic carbocycles. The Bertz CT molecular complexity index is 1390. The van der Waals surface area contributed by atoms with E-state index in [0.29, 0.717) is 23.1 Å². The van der Waals surface area contributed by atoms with Gasteiger partial charge in [0.05, 0.1) is 31.2 Å². The van der Waals surface area contributed by atoms with E-state index < -0.39 is 35.7 Å². The van der Waals surface area contributed by atoms with Crippen molar-refractivity contribution < 1.29 is 42.6 Å². The van der Waals surface area contributed by atoms with Crippen LogP contribution < -0.4 is 14.2 Å². The number of halogens is 1. The molecule has 0 N–H and O–H groups in total. The van der Waals surface area contributed by atoms with Gasteiger partial charge in [0, 0.05) is 0 Å². The van der Waals surface area contributed by atoms with Crippen molar-refractivity contribution in [3.63, 3.8) is 0 Å². The summed E-state index contributed by atoms with van der Waals surface area (Å²) >= 11 is 7.03. The first-order valence-corrected chi connectivity index (χ1v) is 15.5. The van der Waals surface area contributed by atoms with Gasteiger partial charge in [-0.05, 0) is 93.5 Å². The number of alkyl halides is 1. The summed E-state index contributed by atoms with van der Waals surface area (Å²) in [5, 5.41) is -0.593. The number of benzene rings is 2. The lowest BCUT2D eigenvalue weighted by Crippen LogP contribution is -2.65. The minimum atomic E-state index is -0.961. The van der Waals surface area contributed by atoms with Gasteiger partial charge < -0.3 is 33.0 Å². The number of hydrogen-bond acceptors (Lipinski definition) is 9. The minimum Gasteiger partial charge on any atom is -0.497 e. The van der Waals surface area contributed by atoms with E-state index in [2.05, 4.69) is 20.8 Å². The molecule has 6 rings (SSSR count). The molecule has 1 saturated heterocycles. The molecule has 238 valence electrons. The van der Waals surface area contributed by atoms with E-state index in [0.717, 1.165) is 18.4 Å². The fourth-order valence-electron chi connectivity index (χ4n) is 6.91. The Kier molecular flexibility index (Phi) is 8.92. The smallest absolute Gasteiger partial charge is 0.497 e. The SMILES string of the molecule is COC(=O)c1c(OC(=O)OC(C)(C)C)ccc(C[C@@H](Cl)B2OC3C[C@@H]4C[C@@H](C4(C)C)[C@]3(C)O2)c1OCc1ccc(OC)cc1. The lowest BCUT2D eigenvalue weighted by Gasteiger charge is -2.64. The predicted octanol–water partition coefficient (Wildman–Crippen LogP) is 6.79. The molecule has 3 saturated carbocycles. The highest BCUT2D eigenvalue weighted by molar-refractivity contribution is 6.60. The second-order valence-corrected chi connectivity index (χ2v) is 14.2. The molecule has 1 unspecified atom stereocenters. The van der Waals surface area contributed by atoms with Gasteiger partial charge in [-0.15, -0.1) is 11.6 Å². The quantitative estimate of drug-likeness (QED) is 0.129. The van der Waals surface area contributed by atoms with Crippen LogP contribution in [0, 0.1) is 17.3 Å². The molecule has 2 aromatic rings. The first-order chi connectivity index (χ1) is 20.7. The van der Waals surface area contributed by atoms with E-state index >= 15 is 0 Å². The van der Waals surface area contributed by atoms with Crippen molar-refractivity contribution in [2.24, 2.45) is 17.3 Å². The molecule has 4 fully saturated rings. The van der Waals surface area contributed by atoms with E-state index in [-0.39, 0.29) is 41.6 Å². The minimum absolute atomic E-state index is 0.0217. The molecule has 5 atom stereocenters. The van der Waals surface area contributed by atoms with Crippen LogP contribution in [0.4, 0.5) is 4.79 Å². The van der Waals surface area contributed by atoms with Crippen molar-refractivity contribution in [3.05, 3.63) is 53.1 Å². The molecule has 9 nitrogen and oxygen atoms in total. The van der Waals surface area contributed by atoms with Crippen molar-refractivity contribution in [2.75, 3.05) is 14.2 Å². The number of carbonyl (C=O) groups is 2. The Morgan fingerprint density at radius 2 is 1.77 bits per heavy atom. The molecule has 2 aromatic carbocycles. The van der Waals surface area contributed by atoms with Crippen LogP contribution >= 0.6 is 11.6 Å². The average molecular weight is 629 g/mol. The summed E-state index contributed by atoms with van der Waals surface area (Å²) in [6.07, 6.45) is 1.34. The Labute approximate surface area is 264 Å². The third-order valence-corrected chi connectivity index (χ3v) is 9.75. The van der Waals surface area contributed by atoms with Gasteiger partial charge in [0.15, 0.2) is 5.75 Å². The highest BCUT2D eigenvalue weighted by atomic mass is 35.5. The molecular formula is C33H42BClO9. The van der Waals surface area contributed by atoms with Crippen molar-refractivity contribution in [1.29, 1.82) is 0 Å². The Balaban J connectivity index is 1.44. The van der Waals surface area contributed by atoms with Crippen LogP contribution in [0.25, 0.3) is 0 Å². The summed E-state index contributed by atoms with van der Waals surface area (Å²) in [6.45, 7) is 12.0. The highest BCUT2D eigenvalue weighted by Crippen LogP contribution is 2.65. The van der Waals surface area contributed by atoms with Crippen LogP contribution in [-0.2, 0) is 31.8 Å². The normalized spacial score (nSPS) is 25.8.